The summed E-state index contributed by atoms with van der Waals surface area (Å²) < 4.78 is 14.8. The Labute approximate surface area is 258 Å². The fourth-order valence-corrected chi connectivity index (χ4v) is 6.78. The van der Waals surface area contributed by atoms with E-state index in [-0.39, 0.29) is 6.71 Å². The van der Waals surface area contributed by atoms with E-state index in [1.165, 1.54) is 16.7 Å². The van der Waals surface area contributed by atoms with Gasteiger partial charge >= 0.3 is 0 Å². The average molecular weight is 580 g/mol. The van der Waals surface area contributed by atoms with Crippen LogP contribution < -0.4 is 30.8 Å². The fraction of sp³-hybridized carbons (Fsp3) is 0.222. The molecular weight excluding hydrogens is 545 g/mol. The van der Waals surface area contributed by atoms with Gasteiger partial charge in [0.25, 0.3) is 6.71 Å². The number of aromatic nitrogens is 3. The first-order valence-corrected chi connectivity index (χ1v) is 15.3. The Balaban J connectivity index is 1.24. The van der Waals surface area contributed by atoms with Gasteiger partial charge in [0.2, 0.25) is 5.88 Å². The Hall–Kier alpha value is -4.98. The van der Waals surface area contributed by atoms with Crippen molar-refractivity contribution in [2.45, 2.75) is 39.5 Å². The highest BCUT2D eigenvalue weighted by Crippen LogP contribution is 2.37. The van der Waals surface area contributed by atoms with Crippen LogP contribution in [0.4, 0.5) is 5.69 Å². The van der Waals surface area contributed by atoms with Gasteiger partial charge in [0.1, 0.15) is 17.2 Å². The Morgan fingerprint density at radius 2 is 1.50 bits per heavy atom. The molecule has 7 nitrogen and oxygen atoms in total. The van der Waals surface area contributed by atoms with Gasteiger partial charge in [0, 0.05) is 48.6 Å². The molecule has 2 aromatic heterocycles. The van der Waals surface area contributed by atoms with Gasteiger partial charge in [0.15, 0.2) is 0 Å². The van der Waals surface area contributed by atoms with Crippen molar-refractivity contribution in [1.82, 2.24) is 19.7 Å². The van der Waals surface area contributed by atoms with Crippen molar-refractivity contribution in [2.24, 2.45) is 0 Å². The number of ether oxygens (including phenoxy) is 2. The second-order valence-electron chi connectivity index (χ2n) is 12.6. The van der Waals surface area contributed by atoms with Gasteiger partial charge in [-0.05, 0) is 81.9 Å². The molecule has 5 aromatic rings. The molecule has 0 amide bonds. The van der Waals surface area contributed by atoms with Gasteiger partial charge in [-0.1, -0.05) is 45.9 Å². The lowest BCUT2D eigenvalue weighted by molar-refractivity contribution is 0.450. The third-order valence-corrected chi connectivity index (χ3v) is 8.95. The summed E-state index contributed by atoms with van der Waals surface area (Å²) >= 11 is 0. The number of hydrogen-bond acceptors (Lipinski definition) is 6. The molecule has 218 valence electrons. The maximum absolute atomic E-state index is 6.42. The summed E-state index contributed by atoms with van der Waals surface area (Å²) in [5.74, 6) is 3.85. The molecule has 5 heterocycles. The van der Waals surface area contributed by atoms with Crippen LogP contribution in [0.2, 0.25) is 0 Å². The minimum atomic E-state index is -0.0883. The SMILES string of the molecule is CC(C)c1cccc(C(C)C)c1-c1cnn(-c2ccc3c(c2)B2c4cc(N5C=CN(C)C5)ccc4Oc4ccnc(c42)O3)c1. The van der Waals surface area contributed by atoms with Crippen LogP contribution in [0.1, 0.15) is 50.7 Å². The largest absolute Gasteiger partial charge is 0.458 e. The summed E-state index contributed by atoms with van der Waals surface area (Å²) in [6.07, 6.45) is 10.1. The number of nitrogens with zero attached hydrogens (tertiary/aromatic N) is 5. The van der Waals surface area contributed by atoms with Crippen molar-refractivity contribution in [3.63, 3.8) is 0 Å². The highest BCUT2D eigenvalue weighted by atomic mass is 16.5. The minimum absolute atomic E-state index is 0.0883. The molecule has 0 saturated carbocycles. The fourth-order valence-electron chi connectivity index (χ4n) is 6.78. The van der Waals surface area contributed by atoms with E-state index < -0.39 is 0 Å². The van der Waals surface area contributed by atoms with Crippen LogP contribution in [0.5, 0.6) is 23.1 Å². The van der Waals surface area contributed by atoms with E-state index in [1.54, 1.807) is 6.20 Å². The third kappa shape index (κ3) is 4.19. The monoisotopic (exact) mass is 579 g/mol. The van der Waals surface area contributed by atoms with Gasteiger partial charge < -0.3 is 19.3 Å². The zero-order valence-electron chi connectivity index (χ0n) is 25.7. The molecule has 3 aromatic carbocycles. The highest BCUT2D eigenvalue weighted by Gasteiger charge is 2.41. The lowest BCUT2D eigenvalue weighted by atomic mass is 9.35. The maximum Gasteiger partial charge on any atom is 0.263 e. The van der Waals surface area contributed by atoms with Crippen molar-refractivity contribution >= 4 is 28.8 Å². The van der Waals surface area contributed by atoms with E-state index in [1.807, 2.05) is 23.0 Å². The number of benzene rings is 3. The standard InChI is InChI=1S/C36H34BN5O2/c1-22(2)27-7-6-8-28(23(3)4)34(27)24-19-39-42(20-24)26-10-12-32-30(18-26)37-29-17-25(41-16-15-40(5)21-41)9-11-31(29)43-33-13-14-38-36(44-32)35(33)37/h6-20,22-23H,21H2,1-5H3. The predicted octanol–water partition coefficient (Wildman–Crippen LogP) is 6.09. The number of fused-ring (bicyclic) bond motifs is 4. The summed E-state index contributed by atoms with van der Waals surface area (Å²) in [6, 6.07) is 21.4. The van der Waals surface area contributed by atoms with Crippen LogP contribution in [0, 0.1) is 0 Å². The summed E-state index contributed by atoms with van der Waals surface area (Å²) in [7, 11) is 2.08. The first kappa shape index (κ1) is 26.6. The van der Waals surface area contributed by atoms with Gasteiger partial charge in [-0.3, -0.25) is 0 Å². The van der Waals surface area contributed by atoms with E-state index in [9.17, 15) is 0 Å². The second-order valence-corrected chi connectivity index (χ2v) is 12.6. The molecule has 0 saturated heterocycles. The van der Waals surface area contributed by atoms with Crippen molar-refractivity contribution < 1.29 is 9.47 Å². The molecule has 0 bridgehead atoms. The van der Waals surface area contributed by atoms with Gasteiger partial charge in [-0.25, -0.2) is 9.67 Å². The molecular formula is C36H34BN5O2. The Kier molecular flexibility index (Phi) is 6.08. The van der Waals surface area contributed by atoms with Gasteiger partial charge in [-0.15, -0.1) is 0 Å². The molecule has 8 heteroatoms. The van der Waals surface area contributed by atoms with Crippen LogP contribution in [-0.2, 0) is 0 Å². The van der Waals surface area contributed by atoms with Crippen molar-refractivity contribution in [3.8, 4) is 39.9 Å². The molecule has 0 fully saturated rings. The summed E-state index contributed by atoms with van der Waals surface area (Å²) in [4.78, 5) is 9.00. The Morgan fingerprint density at radius 1 is 0.795 bits per heavy atom. The van der Waals surface area contributed by atoms with E-state index >= 15 is 0 Å². The lowest BCUT2D eigenvalue weighted by Crippen LogP contribution is -2.57. The zero-order chi connectivity index (χ0) is 30.1. The first-order chi connectivity index (χ1) is 21.4. The summed E-state index contributed by atoms with van der Waals surface area (Å²) in [5, 5.41) is 4.88. The smallest absolute Gasteiger partial charge is 0.263 e. The molecule has 0 aliphatic carbocycles. The van der Waals surface area contributed by atoms with Crippen LogP contribution in [0.25, 0.3) is 16.8 Å². The van der Waals surface area contributed by atoms with Crippen molar-refractivity contribution in [3.05, 3.63) is 103 Å². The second kappa shape index (κ2) is 10.0. The van der Waals surface area contributed by atoms with Crippen molar-refractivity contribution in [2.75, 3.05) is 18.6 Å². The number of pyridine rings is 1. The number of hydrogen-bond donors (Lipinski definition) is 0. The Morgan fingerprint density at radius 3 is 2.20 bits per heavy atom. The molecule has 3 aliphatic heterocycles. The van der Waals surface area contributed by atoms with Crippen molar-refractivity contribution in [1.29, 1.82) is 0 Å². The van der Waals surface area contributed by atoms with Gasteiger partial charge in [0.05, 0.1) is 18.6 Å². The van der Waals surface area contributed by atoms with Crippen LogP contribution in [-0.4, -0.2) is 40.1 Å². The molecule has 0 spiro atoms. The zero-order valence-corrected chi connectivity index (χ0v) is 25.7. The lowest BCUT2D eigenvalue weighted by Gasteiger charge is -2.33. The normalized spacial score (nSPS) is 14.5. The van der Waals surface area contributed by atoms with Crippen LogP contribution >= 0.6 is 0 Å². The van der Waals surface area contributed by atoms with E-state index in [2.05, 4.69) is 117 Å². The van der Waals surface area contributed by atoms with E-state index in [0.29, 0.717) is 17.7 Å². The molecule has 8 rings (SSSR count). The van der Waals surface area contributed by atoms with Crippen LogP contribution in [0.3, 0.4) is 0 Å². The molecule has 3 aliphatic rings. The average Bonchev–Trinajstić information content (AvgIpc) is 3.70. The third-order valence-electron chi connectivity index (χ3n) is 8.95. The minimum Gasteiger partial charge on any atom is -0.458 e. The first-order valence-electron chi connectivity index (χ1n) is 15.3. The van der Waals surface area contributed by atoms with E-state index in [0.717, 1.165) is 57.2 Å². The summed E-state index contributed by atoms with van der Waals surface area (Å²) in [6.45, 7) is 9.74. The predicted molar refractivity (Wildman–Crippen MR) is 177 cm³/mol. The quantitative estimate of drug-likeness (QED) is 0.230. The van der Waals surface area contributed by atoms with Gasteiger partial charge in [-0.2, -0.15) is 5.10 Å². The molecule has 0 unspecified atom stereocenters. The maximum atomic E-state index is 6.42. The Bertz CT molecular complexity index is 1920. The molecule has 44 heavy (non-hydrogen) atoms. The number of anilines is 1. The van der Waals surface area contributed by atoms with E-state index in [4.69, 9.17) is 14.6 Å². The number of rotatable bonds is 5. The molecule has 0 atom stereocenters. The summed E-state index contributed by atoms with van der Waals surface area (Å²) in [5.41, 5.74) is 10.4. The highest BCUT2D eigenvalue weighted by molar-refractivity contribution is 6.98. The molecule has 0 radical (unpaired) electrons. The molecule has 0 N–H and O–H groups in total. The van der Waals surface area contributed by atoms with Crippen LogP contribution in [0.15, 0.2) is 91.7 Å². The topological polar surface area (TPSA) is 55.7 Å².